The van der Waals surface area contributed by atoms with Crippen LogP contribution in [0.5, 0.6) is 5.75 Å². The Bertz CT molecular complexity index is 582. The summed E-state index contributed by atoms with van der Waals surface area (Å²) in [4.78, 5) is 3.46. The molecule has 0 bridgehead atoms. The summed E-state index contributed by atoms with van der Waals surface area (Å²) in [5.74, 6) is 0.900. The molecule has 3 nitrogen and oxygen atoms in total. The summed E-state index contributed by atoms with van der Waals surface area (Å²) in [5.41, 5.74) is 4.80. The average Bonchev–Trinajstić information content (AvgIpc) is 2.68. The van der Waals surface area contributed by atoms with Crippen molar-refractivity contribution in [3.8, 4) is 5.75 Å². The standard InChI is InChI=1S/C15H22N2O/c1-9-7-8-11(18-6)14-12(9)13(10(2)17-14)15(3,4)16-5/h7-8,16-17H,1-6H3. The van der Waals surface area contributed by atoms with Gasteiger partial charge in [-0.05, 0) is 46.4 Å². The summed E-state index contributed by atoms with van der Waals surface area (Å²) in [6.45, 7) is 8.65. The molecule has 18 heavy (non-hydrogen) atoms. The fourth-order valence-corrected chi connectivity index (χ4v) is 2.65. The van der Waals surface area contributed by atoms with E-state index in [0.29, 0.717) is 0 Å². The molecule has 2 N–H and O–H groups in total. The topological polar surface area (TPSA) is 37.0 Å². The fourth-order valence-electron chi connectivity index (χ4n) is 2.65. The van der Waals surface area contributed by atoms with Crippen molar-refractivity contribution in [1.29, 1.82) is 0 Å². The number of aromatic amines is 1. The Hall–Kier alpha value is -1.48. The van der Waals surface area contributed by atoms with Gasteiger partial charge >= 0.3 is 0 Å². The molecular formula is C15H22N2O. The van der Waals surface area contributed by atoms with Crippen LogP contribution in [-0.4, -0.2) is 19.1 Å². The molecule has 0 unspecified atom stereocenters. The van der Waals surface area contributed by atoms with E-state index in [2.05, 4.69) is 44.1 Å². The molecule has 2 aromatic rings. The van der Waals surface area contributed by atoms with Gasteiger partial charge in [-0.2, -0.15) is 0 Å². The second-order valence-electron chi connectivity index (χ2n) is 5.33. The summed E-state index contributed by atoms with van der Waals surface area (Å²) in [6, 6.07) is 4.13. The predicted octanol–water partition coefficient (Wildman–Crippen LogP) is 3.25. The number of hydrogen-bond acceptors (Lipinski definition) is 2. The minimum absolute atomic E-state index is 0.0700. The first kappa shape index (κ1) is 13.0. The Morgan fingerprint density at radius 3 is 2.44 bits per heavy atom. The van der Waals surface area contributed by atoms with Gasteiger partial charge in [0.15, 0.2) is 0 Å². The zero-order chi connectivity index (χ0) is 13.5. The lowest BCUT2D eigenvalue weighted by atomic mass is 9.90. The molecule has 3 heteroatoms. The van der Waals surface area contributed by atoms with E-state index in [-0.39, 0.29) is 5.54 Å². The third-order valence-corrected chi connectivity index (χ3v) is 3.78. The number of fused-ring (bicyclic) bond motifs is 1. The molecule has 1 heterocycles. The van der Waals surface area contributed by atoms with E-state index in [1.165, 1.54) is 22.2 Å². The molecule has 98 valence electrons. The molecule has 1 aromatic carbocycles. The summed E-state index contributed by atoms with van der Waals surface area (Å²) >= 11 is 0. The molecule has 1 aromatic heterocycles. The summed E-state index contributed by atoms with van der Waals surface area (Å²) < 4.78 is 5.45. The predicted molar refractivity (Wildman–Crippen MR) is 76.4 cm³/mol. The van der Waals surface area contributed by atoms with Crippen LogP contribution >= 0.6 is 0 Å². The van der Waals surface area contributed by atoms with Crippen LogP contribution < -0.4 is 10.1 Å². The number of aromatic nitrogens is 1. The van der Waals surface area contributed by atoms with Crippen LogP contribution in [0.25, 0.3) is 10.9 Å². The first-order valence-electron chi connectivity index (χ1n) is 6.27. The molecule has 0 aliphatic rings. The van der Waals surface area contributed by atoms with Crippen LogP contribution in [0.2, 0.25) is 0 Å². The maximum absolute atomic E-state index is 5.45. The SMILES string of the molecule is CNC(C)(C)c1c(C)[nH]c2c(OC)ccc(C)c12. The Morgan fingerprint density at radius 2 is 1.89 bits per heavy atom. The summed E-state index contributed by atoms with van der Waals surface area (Å²) in [6.07, 6.45) is 0. The smallest absolute Gasteiger partial charge is 0.142 e. The van der Waals surface area contributed by atoms with E-state index in [0.717, 1.165) is 11.3 Å². The van der Waals surface area contributed by atoms with Crippen LogP contribution in [0.1, 0.15) is 30.7 Å². The van der Waals surface area contributed by atoms with E-state index >= 15 is 0 Å². The third kappa shape index (κ3) is 1.79. The van der Waals surface area contributed by atoms with Gasteiger partial charge in [-0.1, -0.05) is 6.07 Å². The van der Waals surface area contributed by atoms with Crippen LogP contribution in [0.3, 0.4) is 0 Å². The molecule has 0 saturated heterocycles. The number of rotatable bonds is 3. The monoisotopic (exact) mass is 246 g/mol. The maximum atomic E-state index is 5.45. The molecule has 0 spiro atoms. The van der Waals surface area contributed by atoms with Crippen LogP contribution in [0.4, 0.5) is 0 Å². The molecule has 0 radical (unpaired) electrons. The Labute approximate surface area is 109 Å². The average molecular weight is 246 g/mol. The van der Waals surface area contributed by atoms with Crippen molar-refractivity contribution in [3.63, 3.8) is 0 Å². The normalized spacial score (nSPS) is 12.1. The van der Waals surface area contributed by atoms with Gasteiger partial charge in [0.1, 0.15) is 5.75 Å². The van der Waals surface area contributed by atoms with Gasteiger partial charge in [-0.25, -0.2) is 0 Å². The van der Waals surface area contributed by atoms with E-state index in [9.17, 15) is 0 Å². The van der Waals surface area contributed by atoms with Crippen molar-refractivity contribution < 1.29 is 4.74 Å². The Morgan fingerprint density at radius 1 is 1.22 bits per heavy atom. The number of benzene rings is 1. The van der Waals surface area contributed by atoms with Crippen molar-refractivity contribution in [2.45, 2.75) is 33.2 Å². The Kier molecular flexibility index (Phi) is 3.11. The highest BCUT2D eigenvalue weighted by molar-refractivity contribution is 5.93. The quantitative estimate of drug-likeness (QED) is 0.872. The van der Waals surface area contributed by atoms with Crippen molar-refractivity contribution in [3.05, 3.63) is 29.0 Å². The van der Waals surface area contributed by atoms with Gasteiger partial charge < -0.3 is 15.0 Å². The second-order valence-corrected chi connectivity index (χ2v) is 5.33. The van der Waals surface area contributed by atoms with E-state index in [1.54, 1.807) is 7.11 Å². The number of ether oxygens (including phenoxy) is 1. The zero-order valence-electron chi connectivity index (χ0n) is 12.1. The van der Waals surface area contributed by atoms with Crippen molar-refractivity contribution >= 4 is 10.9 Å². The van der Waals surface area contributed by atoms with Gasteiger partial charge in [-0.3, -0.25) is 0 Å². The largest absolute Gasteiger partial charge is 0.495 e. The fraction of sp³-hybridized carbons (Fsp3) is 0.467. The molecule has 0 atom stereocenters. The lowest BCUT2D eigenvalue weighted by Crippen LogP contribution is -2.33. The van der Waals surface area contributed by atoms with Crippen molar-refractivity contribution in [2.75, 3.05) is 14.2 Å². The number of methoxy groups -OCH3 is 1. The maximum Gasteiger partial charge on any atom is 0.142 e. The highest BCUT2D eigenvalue weighted by Gasteiger charge is 2.26. The second kappa shape index (κ2) is 4.32. The molecule has 0 aliphatic carbocycles. The van der Waals surface area contributed by atoms with Crippen LogP contribution in [0.15, 0.2) is 12.1 Å². The molecule has 0 aliphatic heterocycles. The summed E-state index contributed by atoms with van der Waals surface area (Å²) in [5, 5.41) is 4.65. The Balaban J connectivity index is 2.87. The first-order valence-corrected chi connectivity index (χ1v) is 6.27. The first-order chi connectivity index (χ1) is 8.42. The van der Waals surface area contributed by atoms with E-state index < -0.39 is 0 Å². The number of H-pyrrole nitrogens is 1. The van der Waals surface area contributed by atoms with Crippen LogP contribution in [-0.2, 0) is 5.54 Å². The van der Waals surface area contributed by atoms with Gasteiger partial charge in [-0.15, -0.1) is 0 Å². The van der Waals surface area contributed by atoms with Gasteiger partial charge in [0.2, 0.25) is 0 Å². The highest BCUT2D eigenvalue weighted by Crippen LogP contribution is 2.37. The van der Waals surface area contributed by atoms with Gasteiger partial charge in [0.05, 0.1) is 12.6 Å². The van der Waals surface area contributed by atoms with Crippen LogP contribution in [0, 0.1) is 13.8 Å². The molecular weight excluding hydrogens is 224 g/mol. The minimum Gasteiger partial charge on any atom is -0.495 e. The molecule has 2 rings (SSSR count). The highest BCUT2D eigenvalue weighted by atomic mass is 16.5. The number of nitrogens with one attached hydrogen (secondary N) is 2. The van der Waals surface area contributed by atoms with E-state index in [1.807, 2.05) is 13.1 Å². The molecule has 0 amide bonds. The zero-order valence-corrected chi connectivity index (χ0v) is 12.1. The van der Waals surface area contributed by atoms with Gasteiger partial charge in [0, 0.05) is 22.2 Å². The number of aryl methyl sites for hydroxylation is 2. The third-order valence-electron chi connectivity index (χ3n) is 3.78. The van der Waals surface area contributed by atoms with E-state index in [4.69, 9.17) is 4.74 Å². The lowest BCUT2D eigenvalue weighted by molar-refractivity contribution is 0.419. The summed E-state index contributed by atoms with van der Waals surface area (Å²) in [7, 11) is 3.71. The number of hydrogen-bond donors (Lipinski definition) is 2. The van der Waals surface area contributed by atoms with Crippen molar-refractivity contribution in [1.82, 2.24) is 10.3 Å². The molecule has 0 saturated carbocycles. The lowest BCUT2D eigenvalue weighted by Gasteiger charge is -2.25. The molecule has 0 fully saturated rings. The minimum atomic E-state index is -0.0700. The van der Waals surface area contributed by atoms with Crippen molar-refractivity contribution in [2.24, 2.45) is 0 Å². The van der Waals surface area contributed by atoms with Gasteiger partial charge in [0.25, 0.3) is 0 Å².